The van der Waals surface area contributed by atoms with Gasteiger partial charge in [0.1, 0.15) is 0 Å². The van der Waals surface area contributed by atoms with Crippen molar-refractivity contribution in [2.24, 2.45) is 0 Å². The number of hydrogen-bond acceptors (Lipinski definition) is 3. The zero-order valence-electron chi connectivity index (χ0n) is 12.0. The van der Waals surface area contributed by atoms with Crippen LogP contribution in [-0.4, -0.2) is 39.1 Å². The summed E-state index contributed by atoms with van der Waals surface area (Å²) in [5, 5.41) is 7.04. The summed E-state index contributed by atoms with van der Waals surface area (Å²) < 4.78 is 0. The fourth-order valence-electron chi connectivity index (χ4n) is 2.91. The molecule has 0 aliphatic carbocycles. The number of pyridine rings is 1. The number of nitrogens with zero attached hydrogens (tertiary/aromatic N) is 3. The van der Waals surface area contributed by atoms with Gasteiger partial charge in [0.25, 0.3) is 0 Å². The Morgan fingerprint density at radius 3 is 3.10 bits per heavy atom. The van der Waals surface area contributed by atoms with E-state index in [0.717, 1.165) is 43.6 Å². The maximum Gasteiger partial charge on any atom is 0.222 e. The van der Waals surface area contributed by atoms with Gasteiger partial charge in [-0.25, -0.2) is 0 Å². The van der Waals surface area contributed by atoms with E-state index in [-0.39, 0.29) is 5.91 Å². The number of aromatic amines is 1. The van der Waals surface area contributed by atoms with Crippen LogP contribution in [0, 0.1) is 0 Å². The highest BCUT2D eigenvalue weighted by Gasteiger charge is 2.25. The Balaban J connectivity index is 1.55. The molecule has 1 aliphatic heterocycles. The van der Waals surface area contributed by atoms with Gasteiger partial charge in [0.15, 0.2) is 0 Å². The molecule has 1 saturated heterocycles. The molecule has 0 radical (unpaired) electrons. The van der Waals surface area contributed by atoms with E-state index in [1.807, 2.05) is 29.3 Å². The lowest BCUT2D eigenvalue weighted by molar-refractivity contribution is -0.132. The number of hydrogen-bond donors (Lipinski definition) is 1. The van der Waals surface area contributed by atoms with E-state index in [1.165, 1.54) is 0 Å². The van der Waals surface area contributed by atoms with E-state index in [0.29, 0.717) is 12.3 Å². The molecule has 21 heavy (non-hydrogen) atoms. The Morgan fingerprint density at radius 2 is 2.33 bits per heavy atom. The molecule has 3 heterocycles. The van der Waals surface area contributed by atoms with Crippen LogP contribution in [0.5, 0.6) is 0 Å². The molecule has 1 amide bonds. The zero-order valence-corrected chi connectivity index (χ0v) is 12.0. The Hall–Kier alpha value is -2.17. The third-order valence-corrected chi connectivity index (χ3v) is 4.09. The van der Waals surface area contributed by atoms with Gasteiger partial charge in [0, 0.05) is 49.7 Å². The average molecular weight is 284 g/mol. The van der Waals surface area contributed by atoms with Gasteiger partial charge in [0.05, 0.1) is 0 Å². The molecule has 0 aromatic carbocycles. The summed E-state index contributed by atoms with van der Waals surface area (Å²) in [6, 6.07) is 5.94. The zero-order chi connectivity index (χ0) is 14.5. The van der Waals surface area contributed by atoms with Crippen LogP contribution in [-0.2, 0) is 11.2 Å². The second-order valence-electron chi connectivity index (χ2n) is 5.55. The molecule has 1 N–H and O–H groups in total. The second kappa shape index (κ2) is 6.52. The number of carbonyl (C=O) groups is 1. The lowest BCUT2D eigenvalue weighted by Gasteiger charge is -2.32. The first-order valence-electron chi connectivity index (χ1n) is 7.49. The van der Waals surface area contributed by atoms with Crippen LogP contribution in [0.4, 0.5) is 0 Å². The molecule has 1 unspecified atom stereocenters. The van der Waals surface area contributed by atoms with E-state index in [1.54, 1.807) is 12.4 Å². The van der Waals surface area contributed by atoms with Gasteiger partial charge in [-0.05, 0) is 37.0 Å². The summed E-state index contributed by atoms with van der Waals surface area (Å²) in [5.41, 5.74) is 2.26. The van der Waals surface area contributed by atoms with Crippen molar-refractivity contribution >= 4 is 5.91 Å². The van der Waals surface area contributed by atoms with Gasteiger partial charge in [-0.1, -0.05) is 6.07 Å². The number of piperidine rings is 1. The van der Waals surface area contributed by atoms with Crippen molar-refractivity contribution in [2.45, 2.75) is 31.6 Å². The van der Waals surface area contributed by atoms with Crippen LogP contribution < -0.4 is 0 Å². The fraction of sp³-hybridized carbons (Fsp3) is 0.438. The summed E-state index contributed by atoms with van der Waals surface area (Å²) in [6.07, 6.45) is 8.86. The molecule has 1 fully saturated rings. The molecule has 0 spiro atoms. The molecule has 110 valence electrons. The second-order valence-corrected chi connectivity index (χ2v) is 5.55. The number of carbonyl (C=O) groups excluding carboxylic acids is 1. The minimum Gasteiger partial charge on any atom is -0.342 e. The smallest absolute Gasteiger partial charge is 0.222 e. The topological polar surface area (TPSA) is 61.9 Å². The highest BCUT2D eigenvalue weighted by Crippen LogP contribution is 2.25. The SMILES string of the molecule is O=C(CCc1cccnc1)N1CCCC(c2ccn[nH]2)C1. The predicted octanol–water partition coefficient (Wildman–Crippen LogP) is 2.14. The van der Waals surface area contributed by atoms with Crippen LogP contribution >= 0.6 is 0 Å². The number of amides is 1. The highest BCUT2D eigenvalue weighted by atomic mass is 16.2. The van der Waals surface area contributed by atoms with Crippen molar-refractivity contribution in [1.29, 1.82) is 0 Å². The molecule has 5 heteroatoms. The standard InChI is InChI=1S/C16H20N4O/c21-16(6-5-13-3-1-8-17-11-13)20-10-2-4-14(12-20)15-7-9-18-19-15/h1,3,7-9,11,14H,2,4-6,10,12H2,(H,18,19). The number of H-pyrrole nitrogens is 1. The van der Waals surface area contributed by atoms with Crippen LogP contribution in [0.15, 0.2) is 36.8 Å². The summed E-state index contributed by atoms with van der Waals surface area (Å²) >= 11 is 0. The summed E-state index contributed by atoms with van der Waals surface area (Å²) in [7, 11) is 0. The Kier molecular flexibility index (Phi) is 4.28. The van der Waals surface area contributed by atoms with Crippen molar-refractivity contribution in [3.05, 3.63) is 48.0 Å². The van der Waals surface area contributed by atoms with Gasteiger partial charge in [-0.3, -0.25) is 14.9 Å². The molecular formula is C16H20N4O. The molecule has 1 atom stereocenters. The molecule has 3 rings (SSSR count). The number of rotatable bonds is 4. The minimum atomic E-state index is 0.239. The van der Waals surface area contributed by atoms with E-state index < -0.39 is 0 Å². The Labute approximate surface area is 124 Å². The maximum atomic E-state index is 12.4. The average Bonchev–Trinajstić information content (AvgIpc) is 3.08. The Morgan fingerprint density at radius 1 is 1.38 bits per heavy atom. The summed E-state index contributed by atoms with van der Waals surface area (Å²) in [5.74, 6) is 0.631. The van der Waals surface area contributed by atoms with E-state index in [4.69, 9.17) is 0 Å². The first-order chi connectivity index (χ1) is 10.3. The van der Waals surface area contributed by atoms with Gasteiger partial charge < -0.3 is 4.90 Å². The number of likely N-dealkylation sites (tertiary alicyclic amines) is 1. The van der Waals surface area contributed by atoms with Crippen molar-refractivity contribution in [1.82, 2.24) is 20.1 Å². The molecule has 0 bridgehead atoms. The van der Waals surface area contributed by atoms with Crippen LogP contribution in [0.2, 0.25) is 0 Å². The molecule has 1 aliphatic rings. The monoisotopic (exact) mass is 284 g/mol. The Bertz CT molecular complexity index is 567. The first-order valence-corrected chi connectivity index (χ1v) is 7.49. The number of aryl methyl sites for hydroxylation is 1. The van der Waals surface area contributed by atoms with Crippen LogP contribution in [0.25, 0.3) is 0 Å². The maximum absolute atomic E-state index is 12.4. The van der Waals surface area contributed by atoms with Crippen molar-refractivity contribution in [3.8, 4) is 0 Å². The quantitative estimate of drug-likeness (QED) is 0.935. The third-order valence-electron chi connectivity index (χ3n) is 4.09. The largest absolute Gasteiger partial charge is 0.342 e. The lowest BCUT2D eigenvalue weighted by atomic mass is 9.94. The van der Waals surface area contributed by atoms with Gasteiger partial charge in [0.2, 0.25) is 5.91 Å². The summed E-state index contributed by atoms with van der Waals surface area (Å²) in [4.78, 5) is 18.4. The molecule has 2 aromatic heterocycles. The predicted molar refractivity (Wildman–Crippen MR) is 79.7 cm³/mol. The van der Waals surface area contributed by atoms with E-state index in [9.17, 15) is 4.79 Å². The summed E-state index contributed by atoms with van der Waals surface area (Å²) in [6.45, 7) is 1.67. The van der Waals surface area contributed by atoms with Crippen LogP contribution in [0.1, 0.15) is 36.4 Å². The van der Waals surface area contributed by atoms with Crippen molar-refractivity contribution < 1.29 is 4.79 Å². The van der Waals surface area contributed by atoms with Gasteiger partial charge in [-0.2, -0.15) is 5.10 Å². The molecule has 2 aromatic rings. The minimum absolute atomic E-state index is 0.239. The highest BCUT2D eigenvalue weighted by molar-refractivity contribution is 5.76. The molecule has 0 saturated carbocycles. The molecule has 5 nitrogen and oxygen atoms in total. The normalized spacial score (nSPS) is 18.7. The van der Waals surface area contributed by atoms with Crippen molar-refractivity contribution in [3.63, 3.8) is 0 Å². The first kappa shape index (κ1) is 13.8. The van der Waals surface area contributed by atoms with E-state index in [2.05, 4.69) is 15.2 Å². The van der Waals surface area contributed by atoms with Crippen molar-refractivity contribution in [2.75, 3.05) is 13.1 Å². The lowest BCUT2D eigenvalue weighted by Crippen LogP contribution is -2.39. The van der Waals surface area contributed by atoms with Gasteiger partial charge in [-0.15, -0.1) is 0 Å². The fourth-order valence-corrected chi connectivity index (χ4v) is 2.91. The number of nitrogens with one attached hydrogen (secondary N) is 1. The molecular weight excluding hydrogens is 264 g/mol. The third kappa shape index (κ3) is 3.48. The van der Waals surface area contributed by atoms with Gasteiger partial charge >= 0.3 is 0 Å². The van der Waals surface area contributed by atoms with Crippen LogP contribution in [0.3, 0.4) is 0 Å². The number of aromatic nitrogens is 3. The van der Waals surface area contributed by atoms with E-state index >= 15 is 0 Å².